The fourth-order valence-corrected chi connectivity index (χ4v) is 4.42. The van der Waals surface area contributed by atoms with Crippen molar-refractivity contribution in [1.29, 1.82) is 0 Å². The number of hydrogen-bond acceptors (Lipinski definition) is 1. The molecule has 3 heteroatoms. The second-order valence-electron chi connectivity index (χ2n) is 2.67. The maximum absolute atomic E-state index is 5.42. The molecule has 1 fully saturated rings. The molecule has 0 amide bonds. The fraction of sp³-hybridized carbons (Fsp3) is 0.714. The number of rotatable bonds is 1. The van der Waals surface area contributed by atoms with Crippen LogP contribution in [-0.2, 0) is 11.8 Å². The van der Waals surface area contributed by atoms with E-state index in [9.17, 15) is 0 Å². The van der Waals surface area contributed by atoms with Gasteiger partial charge in [0.2, 0.25) is 0 Å². The summed E-state index contributed by atoms with van der Waals surface area (Å²) < 4.78 is 0. The lowest BCUT2D eigenvalue weighted by Crippen LogP contribution is -2.04. The lowest BCUT2D eigenvalue weighted by atomic mass is 10.1. The molecule has 1 aliphatic heterocycles. The zero-order chi connectivity index (χ0) is 7.61. The summed E-state index contributed by atoms with van der Waals surface area (Å²) in [4.78, 5) is 0. The molecule has 0 aromatic heterocycles. The van der Waals surface area contributed by atoms with Crippen LogP contribution in [0.2, 0.25) is 0 Å². The maximum atomic E-state index is 5.42. The predicted octanol–water partition coefficient (Wildman–Crippen LogP) is 1.25. The SMILES string of the molecule is C#CC1CCP(=S)(NC)C1. The Bertz CT molecular complexity index is 206. The Hall–Kier alpha value is 0.170. The molecule has 1 saturated heterocycles. The van der Waals surface area contributed by atoms with E-state index >= 15 is 0 Å². The molecule has 0 bridgehead atoms. The summed E-state index contributed by atoms with van der Waals surface area (Å²) in [7, 11) is 1.96. The number of nitrogens with one attached hydrogen (secondary N) is 1. The largest absolute Gasteiger partial charge is 0.292 e. The molecule has 1 rings (SSSR count). The molecule has 0 saturated carbocycles. The normalized spacial score (nSPS) is 39.4. The third-order valence-corrected chi connectivity index (χ3v) is 6.37. The summed E-state index contributed by atoms with van der Waals surface area (Å²) in [5.74, 6) is 3.23. The first-order valence-corrected chi connectivity index (χ1v) is 6.61. The molecule has 0 radical (unpaired) electrons. The first kappa shape index (κ1) is 8.27. The van der Waals surface area contributed by atoms with Gasteiger partial charge in [0.15, 0.2) is 0 Å². The molecule has 10 heavy (non-hydrogen) atoms. The van der Waals surface area contributed by atoms with Crippen LogP contribution in [0.5, 0.6) is 0 Å². The maximum Gasteiger partial charge on any atom is 0.0262 e. The van der Waals surface area contributed by atoms with Crippen LogP contribution < -0.4 is 5.09 Å². The lowest BCUT2D eigenvalue weighted by molar-refractivity contribution is 0.776. The van der Waals surface area contributed by atoms with Gasteiger partial charge in [-0.25, -0.2) is 0 Å². The van der Waals surface area contributed by atoms with Crippen LogP contribution in [0.1, 0.15) is 6.42 Å². The molecule has 0 spiro atoms. The molecular weight excluding hydrogens is 161 g/mol. The van der Waals surface area contributed by atoms with Crippen LogP contribution in [0.3, 0.4) is 0 Å². The number of terminal acetylenes is 1. The quantitative estimate of drug-likeness (QED) is 0.473. The summed E-state index contributed by atoms with van der Waals surface area (Å²) in [6, 6.07) is 0. The zero-order valence-electron chi connectivity index (χ0n) is 6.13. The average molecular weight is 173 g/mol. The smallest absolute Gasteiger partial charge is 0.0262 e. The van der Waals surface area contributed by atoms with E-state index in [4.69, 9.17) is 18.2 Å². The Balaban J connectivity index is 2.60. The highest BCUT2D eigenvalue weighted by molar-refractivity contribution is 8.13. The van der Waals surface area contributed by atoms with Gasteiger partial charge in [-0.2, -0.15) is 0 Å². The lowest BCUT2D eigenvalue weighted by Gasteiger charge is -2.12. The van der Waals surface area contributed by atoms with Gasteiger partial charge in [0.1, 0.15) is 0 Å². The molecule has 0 aromatic rings. The first-order valence-electron chi connectivity index (χ1n) is 3.43. The molecule has 1 aliphatic rings. The average Bonchev–Trinajstić information content (AvgIpc) is 2.33. The fourth-order valence-electron chi connectivity index (χ4n) is 1.24. The zero-order valence-corrected chi connectivity index (χ0v) is 7.84. The van der Waals surface area contributed by atoms with Gasteiger partial charge in [0.25, 0.3) is 0 Å². The van der Waals surface area contributed by atoms with Crippen LogP contribution in [0.15, 0.2) is 0 Å². The van der Waals surface area contributed by atoms with E-state index < -0.39 is 6.19 Å². The molecule has 1 heterocycles. The predicted molar refractivity (Wildman–Crippen MR) is 50.0 cm³/mol. The molecule has 2 atom stereocenters. The van der Waals surface area contributed by atoms with Crippen molar-refractivity contribution in [2.45, 2.75) is 6.42 Å². The van der Waals surface area contributed by atoms with E-state index in [1.54, 1.807) is 0 Å². The van der Waals surface area contributed by atoms with Crippen LogP contribution >= 0.6 is 6.19 Å². The van der Waals surface area contributed by atoms with Crippen LogP contribution in [0, 0.1) is 18.3 Å². The second kappa shape index (κ2) is 3.05. The van der Waals surface area contributed by atoms with Crippen molar-refractivity contribution in [3.63, 3.8) is 0 Å². The van der Waals surface area contributed by atoms with E-state index in [0.717, 1.165) is 18.7 Å². The van der Waals surface area contributed by atoms with Crippen LogP contribution in [-0.4, -0.2) is 19.4 Å². The van der Waals surface area contributed by atoms with Gasteiger partial charge in [0.05, 0.1) is 0 Å². The Labute approximate surface area is 67.6 Å². The number of hydrogen-bond donors (Lipinski definition) is 1. The molecule has 56 valence electrons. The Morgan fingerprint density at radius 2 is 2.50 bits per heavy atom. The van der Waals surface area contributed by atoms with E-state index in [0.29, 0.717) is 5.92 Å². The van der Waals surface area contributed by atoms with Gasteiger partial charge in [-0.15, -0.1) is 12.3 Å². The third kappa shape index (κ3) is 1.61. The summed E-state index contributed by atoms with van der Waals surface area (Å²) in [6.07, 6.45) is 7.47. The van der Waals surface area contributed by atoms with Gasteiger partial charge in [-0.05, 0) is 19.6 Å². The highest BCUT2D eigenvalue weighted by Gasteiger charge is 2.27. The standard InChI is InChI=1S/C7H12NPS/c1-3-7-4-5-9(10,6-7)8-2/h1,7H,4-6H2,2H3,(H,8,10). The van der Waals surface area contributed by atoms with Crippen molar-refractivity contribution in [1.82, 2.24) is 5.09 Å². The molecule has 0 aliphatic carbocycles. The minimum Gasteiger partial charge on any atom is -0.292 e. The van der Waals surface area contributed by atoms with Crippen molar-refractivity contribution in [3.05, 3.63) is 0 Å². The Morgan fingerprint density at radius 1 is 1.80 bits per heavy atom. The monoisotopic (exact) mass is 173 g/mol. The van der Waals surface area contributed by atoms with Gasteiger partial charge in [-0.3, -0.25) is 5.09 Å². The minimum atomic E-state index is -1.18. The van der Waals surface area contributed by atoms with Crippen molar-refractivity contribution >= 4 is 18.0 Å². The summed E-state index contributed by atoms with van der Waals surface area (Å²) in [6.45, 7) is 0. The van der Waals surface area contributed by atoms with Crippen molar-refractivity contribution in [2.24, 2.45) is 5.92 Å². The summed E-state index contributed by atoms with van der Waals surface area (Å²) in [5.41, 5.74) is 0. The van der Waals surface area contributed by atoms with E-state index in [2.05, 4.69) is 11.0 Å². The molecule has 1 nitrogen and oxygen atoms in total. The van der Waals surface area contributed by atoms with E-state index in [1.165, 1.54) is 0 Å². The van der Waals surface area contributed by atoms with Crippen LogP contribution in [0.4, 0.5) is 0 Å². The first-order chi connectivity index (χ1) is 4.70. The Morgan fingerprint density at radius 3 is 2.80 bits per heavy atom. The van der Waals surface area contributed by atoms with Crippen molar-refractivity contribution in [3.8, 4) is 12.3 Å². The molecule has 2 unspecified atom stereocenters. The topological polar surface area (TPSA) is 12.0 Å². The van der Waals surface area contributed by atoms with Gasteiger partial charge in [0, 0.05) is 18.3 Å². The second-order valence-corrected chi connectivity index (χ2v) is 7.81. The van der Waals surface area contributed by atoms with Crippen LogP contribution in [0.25, 0.3) is 0 Å². The van der Waals surface area contributed by atoms with Gasteiger partial charge < -0.3 is 0 Å². The van der Waals surface area contributed by atoms with E-state index in [1.807, 2.05) is 7.05 Å². The molecule has 0 aromatic carbocycles. The highest BCUT2D eigenvalue weighted by Crippen LogP contribution is 2.49. The molecular formula is C7H12NPS. The minimum absolute atomic E-state index is 0.457. The van der Waals surface area contributed by atoms with Gasteiger partial charge in [-0.1, -0.05) is 11.8 Å². The molecule has 1 N–H and O–H groups in total. The van der Waals surface area contributed by atoms with Gasteiger partial charge >= 0.3 is 0 Å². The van der Waals surface area contributed by atoms with E-state index in [-0.39, 0.29) is 0 Å². The Kier molecular flexibility index (Phi) is 2.52. The van der Waals surface area contributed by atoms with Crippen molar-refractivity contribution < 1.29 is 0 Å². The third-order valence-electron chi connectivity index (χ3n) is 2.00. The van der Waals surface area contributed by atoms with Crippen molar-refractivity contribution in [2.75, 3.05) is 19.4 Å². The summed E-state index contributed by atoms with van der Waals surface area (Å²) >= 11 is 5.42. The summed E-state index contributed by atoms with van der Waals surface area (Å²) in [5, 5.41) is 3.23. The highest BCUT2D eigenvalue weighted by atomic mass is 32.4.